The first-order valence-corrected chi connectivity index (χ1v) is 7.69. The van der Waals surface area contributed by atoms with Crippen LogP contribution in [0.25, 0.3) is 0 Å². The first-order chi connectivity index (χ1) is 9.10. The van der Waals surface area contributed by atoms with Crippen molar-refractivity contribution in [1.29, 1.82) is 0 Å². The predicted molar refractivity (Wildman–Crippen MR) is 86.3 cm³/mol. The fourth-order valence-electron chi connectivity index (χ4n) is 2.84. The zero-order valence-corrected chi connectivity index (χ0v) is 13.2. The van der Waals surface area contributed by atoms with Crippen LogP contribution in [0.1, 0.15) is 56.7 Å². The van der Waals surface area contributed by atoms with Gasteiger partial charge in [0.2, 0.25) is 0 Å². The molecular formula is C18H29N. The minimum atomic E-state index is 0.441. The first-order valence-electron chi connectivity index (χ1n) is 7.69. The van der Waals surface area contributed by atoms with E-state index in [1.165, 1.54) is 29.5 Å². The highest BCUT2D eigenvalue weighted by molar-refractivity contribution is 5.56. The molecule has 1 aromatic carbocycles. The zero-order valence-electron chi connectivity index (χ0n) is 13.2. The summed E-state index contributed by atoms with van der Waals surface area (Å²) in [7, 11) is 0. The van der Waals surface area contributed by atoms with Crippen LogP contribution in [0.4, 0.5) is 0 Å². The quantitative estimate of drug-likeness (QED) is 0.602. The molecule has 19 heavy (non-hydrogen) atoms. The largest absolute Gasteiger partial charge is 0.294 e. The lowest BCUT2D eigenvalue weighted by Gasteiger charge is -2.22. The van der Waals surface area contributed by atoms with Crippen LogP contribution in [0.2, 0.25) is 0 Å². The Morgan fingerprint density at radius 1 is 1.00 bits per heavy atom. The molecule has 0 saturated heterocycles. The van der Waals surface area contributed by atoms with Crippen LogP contribution in [0.5, 0.6) is 0 Å². The zero-order chi connectivity index (χ0) is 14.3. The van der Waals surface area contributed by atoms with Crippen molar-refractivity contribution in [3.8, 4) is 0 Å². The SMILES string of the molecule is CC/C=N/C(Cc1cc(C)cc(C)c1)C(CC)CC. The maximum absolute atomic E-state index is 4.81. The van der Waals surface area contributed by atoms with Gasteiger partial charge in [0.25, 0.3) is 0 Å². The summed E-state index contributed by atoms with van der Waals surface area (Å²) in [5.41, 5.74) is 4.15. The molecule has 0 aliphatic rings. The van der Waals surface area contributed by atoms with Crippen molar-refractivity contribution >= 4 is 6.21 Å². The Bertz CT molecular complexity index is 382. The van der Waals surface area contributed by atoms with Gasteiger partial charge in [-0.2, -0.15) is 0 Å². The third-order valence-corrected chi connectivity index (χ3v) is 3.80. The maximum Gasteiger partial charge on any atom is 0.0563 e. The molecule has 106 valence electrons. The number of benzene rings is 1. The molecule has 0 aliphatic carbocycles. The molecular weight excluding hydrogens is 230 g/mol. The number of aliphatic imine (C=N–C) groups is 1. The van der Waals surface area contributed by atoms with E-state index >= 15 is 0 Å². The molecule has 1 aromatic rings. The summed E-state index contributed by atoms with van der Waals surface area (Å²) in [4.78, 5) is 4.81. The second-order valence-corrected chi connectivity index (χ2v) is 5.58. The summed E-state index contributed by atoms with van der Waals surface area (Å²) in [6.07, 6.45) is 6.63. The van der Waals surface area contributed by atoms with Gasteiger partial charge in [0.1, 0.15) is 0 Å². The molecule has 0 fully saturated rings. The average Bonchev–Trinajstić information content (AvgIpc) is 2.35. The lowest BCUT2D eigenvalue weighted by atomic mass is 9.89. The highest BCUT2D eigenvalue weighted by Gasteiger charge is 2.17. The first kappa shape index (κ1) is 15.9. The number of hydrogen-bond acceptors (Lipinski definition) is 1. The Hall–Kier alpha value is -1.11. The van der Waals surface area contributed by atoms with Gasteiger partial charge in [0.05, 0.1) is 6.04 Å². The van der Waals surface area contributed by atoms with Crippen molar-refractivity contribution in [1.82, 2.24) is 0 Å². The summed E-state index contributed by atoms with van der Waals surface area (Å²) in [5.74, 6) is 0.698. The fraction of sp³-hybridized carbons (Fsp3) is 0.611. The third kappa shape index (κ3) is 5.18. The van der Waals surface area contributed by atoms with E-state index in [1.54, 1.807) is 0 Å². The van der Waals surface area contributed by atoms with Crippen LogP contribution >= 0.6 is 0 Å². The van der Waals surface area contributed by atoms with E-state index in [4.69, 9.17) is 4.99 Å². The number of nitrogens with zero attached hydrogens (tertiary/aromatic N) is 1. The van der Waals surface area contributed by atoms with E-state index < -0.39 is 0 Å². The van der Waals surface area contributed by atoms with Gasteiger partial charge in [-0.1, -0.05) is 62.9 Å². The van der Waals surface area contributed by atoms with Gasteiger partial charge >= 0.3 is 0 Å². The van der Waals surface area contributed by atoms with Gasteiger partial charge in [0.15, 0.2) is 0 Å². The molecule has 1 nitrogen and oxygen atoms in total. The Kier molecular flexibility index (Phi) is 6.83. The van der Waals surface area contributed by atoms with Gasteiger partial charge in [-0.15, -0.1) is 0 Å². The Morgan fingerprint density at radius 3 is 2.05 bits per heavy atom. The molecule has 0 spiro atoms. The molecule has 0 N–H and O–H groups in total. The number of rotatable bonds is 7. The molecule has 0 heterocycles. The van der Waals surface area contributed by atoms with Crippen LogP contribution in [0.3, 0.4) is 0 Å². The smallest absolute Gasteiger partial charge is 0.0563 e. The van der Waals surface area contributed by atoms with Crippen molar-refractivity contribution in [3.63, 3.8) is 0 Å². The van der Waals surface area contributed by atoms with Crippen LogP contribution in [-0.4, -0.2) is 12.3 Å². The topological polar surface area (TPSA) is 12.4 Å². The number of aryl methyl sites for hydroxylation is 2. The predicted octanol–water partition coefficient (Wildman–Crippen LogP) is 5.13. The van der Waals surface area contributed by atoms with Crippen molar-refractivity contribution in [2.45, 2.75) is 66.3 Å². The molecule has 0 amide bonds. The van der Waals surface area contributed by atoms with E-state index in [-0.39, 0.29) is 0 Å². The molecule has 0 aromatic heterocycles. The Labute approximate surface area is 119 Å². The summed E-state index contributed by atoms with van der Waals surface area (Å²) in [6.45, 7) is 11.1. The van der Waals surface area contributed by atoms with E-state index in [0.717, 1.165) is 12.8 Å². The third-order valence-electron chi connectivity index (χ3n) is 3.80. The lowest BCUT2D eigenvalue weighted by molar-refractivity contribution is 0.396. The van der Waals surface area contributed by atoms with E-state index in [1.807, 2.05) is 0 Å². The Balaban J connectivity index is 2.89. The van der Waals surface area contributed by atoms with Gasteiger partial charge in [-0.05, 0) is 44.4 Å². The normalized spacial score (nSPS) is 13.4. The van der Waals surface area contributed by atoms with Crippen LogP contribution < -0.4 is 0 Å². The van der Waals surface area contributed by atoms with Crippen LogP contribution in [0, 0.1) is 19.8 Å². The average molecular weight is 259 g/mol. The summed E-state index contributed by atoms with van der Waals surface area (Å²) in [5, 5.41) is 0. The molecule has 0 bridgehead atoms. The summed E-state index contributed by atoms with van der Waals surface area (Å²) < 4.78 is 0. The van der Waals surface area contributed by atoms with E-state index in [0.29, 0.717) is 12.0 Å². The fourth-order valence-corrected chi connectivity index (χ4v) is 2.84. The molecule has 1 heteroatoms. The van der Waals surface area contributed by atoms with Crippen molar-refractivity contribution in [3.05, 3.63) is 34.9 Å². The molecule has 1 atom stereocenters. The maximum atomic E-state index is 4.81. The molecule has 1 rings (SSSR count). The van der Waals surface area contributed by atoms with Crippen LogP contribution in [0.15, 0.2) is 23.2 Å². The molecule has 0 aliphatic heterocycles. The van der Waals surface area contributed by atoms with Crippen LogP contribution in [-0.2, 0) is 6.42 Å². The van der Waals surface area contributed by atoms with Crippen molar-refractivity contribution in [2.24, 2.45) is 10.9 Å². The van der Waals surface area contributed by atoms with Gasteiger partial charge in [-0.25, -0.2) is 0 Å². The minimum absolute atomic E-state index is 0.441. The standard InChI is InChI=1S/C18H29N/c1-6-9-19-18(17(7-2)8-3)13-16-11-14(4)10-15(5)12-16/h9-12,17-18H,6-8,13H2,1-5H3/b19-9+. The summed E-state index contributed by atoms with van der Waals surface area (Å²) >= 11 is 0. The highest BCUT2D eigenvalue weighted by atomic mass is 14.8. The molecule has 0 saturated carbocycles. The van der Waals surface area contributed by atoms with Gasteiger partial charge in [0, 0.05) is 0 Å². The highest BCUT2D eigenvalue weighted by Crippen LogP contribution is 2.21. The second-order valence-electron chi connectivity index (χ2n) is 5.58. The van der Waals surface area contributed by atoms with Gasteiger partial charge < -0.3 is 0 Å². The Morgan fingerprint density at radius 2 is 1.58 bits per heavy atom. The molecule has 0 radical (unpaired) electrons. The lowest BCUT2D eigenvalue weighted by Crippen LogP contribution is -2.20. The monoisotopic (exact) mass is 259 g/mol. The molecule has 1 unspecified atom stereocenters. The second kappa shape index (κ2) is 8.14. The van der Waals surface area contributed by atoms with E-state index in [2.05, 4.69) is 59.0 Å². The van der Waals surface area contributed by atoms with E-state index in [9.17, 15) is 0 Å². The summed E-state index contributed by atoms with van der Waals surface area (Å²) in [6, 6.07) is 7.30. The van der Waals surface area contributed by atoms with Crippen molar-refractivity contribution < 1.29 is 0 Å². The number of hydrogen-bond donors (Lipinski definition) is 0. The van der Waals surface area contributed by atoms with Crippen molar-refractivity contribution in [2.75, 3.05) is 0 Å². The minimum Gasteiger partial charge on any atom is -0.294 e. The van der Waals surface area contributed by atoms with Gasteiger partial charge in [-0.3, -0.25) is 4.99 Å².